The van der Waals surface area contributed by atoms with Gasteiger partial charge in [-0.1, -0.05) is 45.0 Å². The molecule has 1 aliphatic rings. The average molecular weight is 538 g/mol. The summed E-state index contributed by atoms with van der Waals surface area (Å²) in [6.07, 6.45) is 4.16. The Kier molecular flexibility index (Phi) is 8.93. The zero-order valence-corrected chi connectivity index (χ0v) is 24.3. The second-order valence-electron chi connectivity index (χ2n) is 11.5. The first-order valence-corrected chi connectivity index (χ1v) is 15.4. The fourth-order valence-electron chi connectivity index (χ4n) is 5.22. The van der Waals surface area contributed by atoms with Crippen LogP contribution in [0.1, 0.15) is 65.9 Å². The van der Waals surface area contributed by atoms with Crippen LogP contribution < -0.4 is 14.9 Å². The molecule has 1 aromatic heterocycles. The molecular weight excluding hydrogens is 494 g/mol. The molecule has 0 aliphatic heterocycles. The van der Waals surface area contributed by atoms with Gasteiger partial charge in [0.1, 0.15) is 5.82 Å². The number of aromatic nitrogens is 2. The predicted octanol–water partition coefficient (Wildman–Crippen LogP) is 5.97. The largest absolute Gasteiger partial charge is 0.356 e. The number of fused-ring (bicyclic) bond motifs is 1. The third kappa shape index (κ3) is 6.83. The summed E-state index contributed by atoms with van der Waals surface area (Å²) < 4.78 is 28.5. The van der Waals surface area contributed by atoms with Crippen molar-refractivity contribution in [2.75, 3.05) is 36.4 Å². The highest BCUT2D eigenvalue weighted by Gasteiger charge is 2.24. The number of para-hydroxylation sites is 1. The van der Waals surface area contributed by atoms with Crippen LogP contribution in [0.25, 0.3) is 10.9 Å². The second kappa shape index (κ2) is 12.0. The van der Waals surface area contributed by atoms with Crippen molar-refractivity contribution in [3.63, 3.8) is 0 Å². The molecule has 0 radical (unpaired) electrons. The minimum Gasteiger partial charge on any atom is -0.356 e. The maximum atomic E-state index is 12.8. The van der Waals surface area contributed by atoms with Crippen LogP contribution in [-0.2, 0) is 15.4 Å². The van der Waals surface area contributed by atoms with Gasteiger partial charge in [0, 0.05) is 31.6 Å². The zero-order chi connectivity index (χ0) is 27.3. The third-order valence-corrected chi connectivity index (χ3v) is 9.19. The van der Waals surface area contributed by atoms with Crippen LogP contribution >= 0.6 is 0 Å². The van der Waals surface area contributed by atoms with Gasteiger partial charge in [-0.25, -0.2) is 18.1 Å². The Morgan fingerprint density at radius 1 is 0.868 bits per heavy atom. The number of hydrogen-bond donors (Lipinski definition) is 2. The molecule has 0 spiro atoms. The number of benzene rings is 2. The molecule has 8 heteroatoms. The number of nitrogens with zero attached hydrogens (tertiary/aromatic N) is 3. The summed E-state index contributed by atoms with van der Waals surface area (Å²) in [6.45, 7) is 13.8. The van der Waals surface area contributed by atoms with E-state index in [2.05, 4.69) is 55.6 Å². The van der Waals surface area contributed by atoms with E-state index in [1.807, 2.05) is 30.3 Å². The lowest BCUT2D eigenvalue weighted by molar-refractivity contribution is 0.284. The van der Waals surface area contributed by atoms with Gasteiger partial charge in [-0.2, -0.15) is 4.98 Å². The van der Waals surface area contributed by atoms with E-state index in [1.165, 1.54) is 0 Å². The smallest absolute Gasteiger partial charge is 0.240 e. The highest BCUT2D eigenvalue weighted by atomic mass is 32.2. The van der Waals surface area contributed by atoms with E-state index in [1.54, 1.807) is 12.1 Å². The topological polar surface area (TPSA) is 87.2 Å². The first-order valence-electron chi connectivity index (χ1n) is 14.0. The summed E-state index contributed by atoms with van der Waals surface area (Å²) in [6, 6.07) is 15.4. The van der Waals surface area contributed by atoms with Gasteiger partial charge >= 0.3 is 0 Å². The molecule has 3 aromatic rings. The lowest BCUT2D eigenvalue weighted by atomic mass is 9.82. The Hall–Kier alpha value is -2.71. The Bertz CT molecular complexity index is 1310. The minimum absolute atomic E-state index is 0.00269. The molecular formula is C30H43N5O2S. The summed E-state index contributed by atoms with van der Waals surface area (Å²) in [7, 11) is -3.50. The molecule has 38 heavy (non-hydrogen) atoms. The third-order valence-electron chi connectivity index (χ3n) is 7.75. The molecule has 0 unspecified atom stereocenters. The van der Waals surface area contributed by atoms with Crippen molar-refractivity contribution < 1.29 is 8.42 Å². The molecule has 7 nitrogen and oxygen atoms in total. The van der Waals surface area contributed by atoms with E-state index >= 15 is 0 Å². The van der Waals surface area contributed by atoms with Crippen molar-refractivity contribution >= 4 is 32.7 Å². The Morgan fingerprint density at radius 2 is 1.47 bits per heavy atom. The molecule has 2 N–H and O–H groups in total. The Labute approximate surface area is 228 Å². The number of hydrogen-bond acceptors (Lipinski definition) is 6. The summed E-state index contributed by atoms with van der Waals surface area (Å²) in [5, 5.41) is 4.58. The highest BCUT2D eigenvalue weighted by Crippen LogP contribution is 2.30. The lowest BCUT2D eigenvalue weighted by Gasteiger charge is -2.29. The van der Waals surface area contributed by atoms with Gasteiger partial charge < -0.3 is 10.2 Å². The van der Waals surface area contributed by atoms with Gasteiger partial charge in [0.25, 0.3) is 0 Å². The molecule has 2 aromatic carbocycles. The van der Waals surface area contributed by atoms with E-state index in [4.69, 9.17) is 9.97 Å². The first kappa shape index (κ1) is 28.3. The van der Waals surface area contributed by atoms with Crippen molar-refractivity contribution in [3.05, 3.63) is 54.1 Å². The van der Waals surface area contributed by atoms with Crippen LogP contribution in [0.4, 0.5) is 11.8 Å². The van der Waals surface area contributed by atoms with E-state index in [0.29, 0.717) is 29.2 Å². The molecule has 0 saturated heterocycles. The Balaban J connectivity index is 1.29. The zero-order valence-electron chi connectivity index (χ0n) is 23.5. The van der Waals surface area contributed by atoms with Crippen molar-refractivity contribution in [2.45, 2.75) is 70.6 Å². The number of nitrogens with one attached hydrogen (secondary N) is 2. The summed E-state index contributed by atoms with van der Waals surface area (Å²) in [5.74, 6) is 2.55. The molecule has 1 aliphatic carbocycles. The highest BCUT2D eigenvalue weighted by molar-refractivity contribution is 7.89. The molecule has 4 rings (SSSR count). The average Bonchev–Trinajstić information content (AvgIpc) is 2.91. The number of anilines is 2. The summed E-state index contributed by atoms with van der Waals surface area (Å²) in [5.41, 5.74) is 2.08. The normalized spacial score (nSPS) is 18.4. The van der Waals surface area contributed by atoms with Gasteiger partial charge in [0.15, 0.2) is 0 Å². The molecule has 1 fully saturated rings. The first-order chi connectivity index (χ1) is 18.1. The standard InChI is InChI=1S/C30H43N5O2S/c1-6-35(7-2)28-26-10-8-9-11-27(26)33-29(34-28)31-20-22-12-14-23(15-13-22)21-32-38(36,37)25-18-16-24(17-19-25)30(3,4)5/h8-11,16-19,22-23,32H,6-7,12-15,20-21H2,1-5H3,(H,31,33,34). The van der Waals surface area contributed by atoms with Crippen LogP contribution in [0.5, 0.6) is 0 Å². The quantitative estimate of drug-likeness (QED) is 0.331. The van der Waals surface area contributed by atoms with Crippen LogP contribution in [-0.4, -0.2) is 44.6 Å². The molecule has 1 saturated carbocycles. The van der Waals surface area contributed by atoms with Crippen LogP contribution in [0.2, 0.25) is 0 Å². The fraction of sp³-hybridized carbons (Fsp3) is 0.533. The molecule has 0 bridgehead atoms. The Morgan fingerprint density at radius 3 is 2.08 bits per heavy atom. The molecule has 1 heterocycles. The molecule has 0 amide bonds. The maximum Gasteiger partial charge on any atom is 0.240 e. The van der Waals surface area contributed by atoms with Crippen molar-refractivity contribution in [1.29, 1.82) is 0 Å². The SMILES string of the molecule is CCN(CC)c1nc(NCC2CCC(CNS(=O)(=O)c3ccc(C(C)(C)C)cc3)CC2)nc2ccccc12. The van der Waals surface area contributed by atoms with Crippen molar-refractivity contribution in [2.24, 2.45) is 11.8 Å². The van der Waals surface area contributed by atoms with Gasteiger partial charge in [0.05, 0.1) is 10.4 Å². The summed E-state index contributed by atoms with van der Waals surface area (Å²) in [4.78, 5) is 12.2. The van der Waals surface area contributed by atoms with E-state index < -0.39 is 10.0 Å². The van der Waals surface area contributed by atoms with Crippen molar-refractivity contribution in [3.8, 4) is 0 Å². The molecule has 0 atom stereocenters. The van der Waals surface area contributed by atoms with Gasteiger partial charge in [0.2, 0.25) is 16.0 Å². The number of rotatable bonds is 10. The van der Waals surface area contributed by atoms with Gasteiger partial charge in [-0.3, -0.25) is 0 Å². The number of sulfonamides is 1. The summed E-state index contributed by atoms with van der Waals surface area (Å²) >= 11 is 0. The second-order valence-corrected chi connectivity index (χ2v) is 13.2. The maximum absolute atomic E-state index is 12.8. The van der Waals surface area contributed by atoms with Crippen LogP contribution in [0, 0.1) is 11.8 Å². The minimum atomic E-state index is -3.50. The van der Waals surface area contributed by atoms with E-state index in [9.17, 15) is 8.42 Å². The van der Waals surface area contributed by atoms with E-state index in [-0.39, 0.29) is 5.41 Å². The van der Waals surface area contributed by atoms with Crippen LogP contribution in [0.3, 0.4) is 0 Å². The monoisotopic (exact) mass is 537 g/mol. The molecule has 206 valence electrons. The van der Waals surface area contributed by atoms with Crippen molar-refractivity contribution in [1.82, 2.24) is 14.7 Å². The van der Waals surface area contributed by atoms with Gasteiger partial charge in [-0.05, 0) is 86.6 Å². The predicted molar refractivity (Wildman–Crippen MR) is 157 cm³/mol. The lowest BCUT2D eigenvalue weighted by Crippen LogP contribution is -2.32. The fourth-order valence-corrected chi connectivity index (χ4v) is 6.34. The van der Waals surface area contributed by atoms with E-state index in [0.717, 1.165) is 67.6 Å². The van der Waals surface area contributed by atoms with Gasteiger partial charge in [-0.15, -0.1) is 0 Å². The van der Waals surface area contributed by atoms with Crippen LogP contribution in [0.15, 0.2) is 53.4 Å².